The van der Waals surface area contributed by atoms with Crippen molar-refractivity contribution >= 4 is 17.5 Å². The van der Waals surface area contributed by atoms with Crippen LogP contribution in [0.15, 0.2) is 59.1 Å². The zero-order valence-corrected chi connectivity index (χ0v) is 14.4. The number of anilines is 1. The minimum Gasteiger partial charge on any atom is -0.441 e. The molecule has 2 aromatic carbocycles. The molecule has 0 saturated carbocycles. The van der Waals surface area contributed by atoms with Crippen molar-refractivity contribution in [1.82, 2.24) is 4.98 Å². The van der Waals surface area contributed by atoms with Crippen LogP contribution in [0.3, 0.4) is 0 Å². The van der Waals surface area contributed by atoms with Crippen molar-refractivity contribution in [3.8, 4) is 11.3 Å². The fourth-order valence-corrected chi connectivity index (χ4v) is 2.62. The van der Waals surface area contributed by atoms with E-state index in [1.54, 1.807) is 31.3 Å². The van der Waals surface area contributed by atoms with Gasteiger partial charge >= 0.3 is 0 Å². The van der Waals surface area contributed by atoms with Crippen molar-refractivity contribution in [1.29, 1.82) is 0 Å². The zero-order chi connectivity index (χ0) is 18.5. The Morgan fingerprint density at radius 1 is 1.15 bits per heavy atom. The summed E-state index contributed by atoms with van der Waals surface area (Å²) in [5.41, 5.74) is 8.00. The number of rotatable bonds is 6. The third kappa shape index (κ3) is 4.16. The maximum Gasteiger partial charge on any atom is 0.248 e. The number of benzene rings is 2. The largest absolute Gasteiger partial charge is 0.441 e. The molecule has 0 unspecified atom stereocenters. The molecule has 0 aliphatic carbocycles. The fourth-order valence-electron chi connectivity index (χ4n) is 2.62. The van der Waals surface area contributed by atoms with Crippen LogP contribution in [0, 0.1) is 6.92 Å². The molecule has 26 heavy (non-hydrogen) atoms. The summed E-state index contributed by atoms with van der Waals surface area (Å²) in [6.45, 7) is 1.77. The smallest absolute Gasteiger partial charge is 0.248 e. The molecule has 3 rings (SSSR count). The fraction of sp³-hybridized carbons (Fsp3) is 0.150. The molecule has 1 aromatic heterocycles. The Bertz CT molecular complexity index is 932. The van der Waals surface area contributed by atoms with Gasteiger partial charge in [-0.1, -0.05) is 30.3 Å². The van der Waals surface area contributed by atoms with Gasteiger partial charge in [-0.15, -0.1) is 0 Å². The molecule has 0 bridgehead atoms. The number of hydrogen-bond acceptors (Lipinski definition) is 4. The molecule has 0 saturated heterocycles. The Kier molecular flexibility index (Phi) is 5.12. The molecule has 2 amide bonds. The van der Waals surface area contributed by atoms with Crippen LogP contribution >= 0.6 is 0 Å². The van der Waals surface area contributed by atoms with Gasteiger partial charge in [-0.3, -0.25) is 9.59 Å². The van der Waals surface area contributed by atoms with E-state index in [2.05, 4.69) is 10.3 Å². The van der Waals surface area contributed by atoms with Gasteiger partial charge in [0.2, 0.25) is 11.8 Å². The molecular weight excluding hydrogens is 330 g/mol. The third-order valence-electron chi connectivity index (χ3n) is 3.95. The summed E-state index contributed by atoms with van der Waals surface area (Å²) >= 11 is 0. The number of oxazole rings is 1. The molecule has 6 nitrogen and oxygen atoms in total. The molecule has 0 atom stereocenters. The van der Waals surface area contributed by atoms with Gasteiger partial charge in [0.05, 0.1) is 6.20 Å². The van der Waals surface area contributed by atoms with E-state index in [0.717, 1.165) is 11.1 Å². The summed E-state index contributed by atoms with van der Waals surface area (Å²) in [6.07, 6.45) is 2.30. The van der Waals surface area contributed by atoms with Crippen molar-refractivity contribution in [3.05, 3.63) is 71.7 Å². The number of aromatic nitrogens is 1. The normalized spacial score (nSPS) is 10.5. The van der Waals surface area contributed by atoms with Gasteiger partial charge < -0.3 is 15.5 Å². The van der Waals surface area contributed by atoms with Gasteiger partial charge in [0.1, 0.15) is 0 Å². The number of carbonyl (C=O) groups is 2. The highest BCUT2D eigenvalue weighted by Gasteiger charge is 2.10. The Hall–Kier alpha value is -3.41. The lowest BCUT2D eigenvalue weighted by atomic mass is 10.1. The van der Waals surface area contributed by atoms with Crippen LogP contribution in [-0.4, -0.2) is 16.8 Å². The highest BCUT2D eigenvalue weighted by Crippen LogP contribution is 2.20. The van der Waals surface area contributed by atoms with Gasteiger partial charge in [0, 0.05) is 29.7 Å². The number of amides is 2. The van der Waals surface area contributed by atoms with Crippen LogP contribution < -0.4 is 11.1 Å². The van der Waals surface area contributed by atoms with Gasteiger partial charge in [0.15, 0.2) is 11.7 Å². The van der Waals surface area contributed by atoms with E-state index in [1.165, 1.54) is 0 Å². The first-order chi connectivity index (χ1) is 12.5. The van der Waals surface area contributed by atoms with Gasteiger partial charge in [0.25, 0.3) is 0 Å². The number of nitrogens with one attached hydrogen (secondary N) is 1. The van der Waals surface area contributed by atoms with Crippen LogP contribution in [0.1, 0.15) is 28.2 Å². The molecule has 0 aliphatic rings. The molecule has 0 spiro atoms. The number of hydrogen-bond donors (Lipinski definition) is 2. The average molecular weight is 349 g/mol. The Morgan fingerprint density at radius 2 is 1.92 bits per heavy atom. The van der Waals surface area contributed by atoms with Crippen molar-refractivity contribution in [3.63, 3.8) is 0 Å². The maximum absolute atomic E-state index is 12.1. The van der Waals surface area contributed by atoms with Crippen molar-refractivity contribution in [2.45, 2.75) is 19.8 Å². The summed E-state index contributed by atoms with van der Waals surface area (Å²) in [4.78, 5) is 27.6. The SMILES string of the molecule is Cc1cc(NC(=O)CCc2ncc(-c3ccccc3)o2)ccc1C(N)=O. The first kappa shape index (κ1) is 17.4. The predicted molar refractivity (Wildman–Crippen MR) is 98.6 cm³/mol. The number of aryl methyl sites for hydroxylation is 2. The third-order valence-corrected chi connectivity index (χ3v) is 3.95. The van der Waals surface area contributed by atoms with Crippen LogP contribution in [-0.2, 0) is 11.2 Å². The maximum atomic E-state index is 12.1. The highest BCUT2D eigenvalue weighted by molar-refractivity contribution is 5.96. The highest BCUT2D eigenvalue weighted by atomic mass is 16.4. The van der Waals surface area contributed by atoms with E-state index in [-0.39, 0.29) is 12.3 Å². The van der Waals surface area contributed by atoms with Crippen molar-refractivity contribution in [2.75, 3.05) is 5.32 Å². The molecule has 0 fully saturated rings. The van der Waals surface area contributed by atoms with Crippen LogP contribution in [0.4, 0.5) is 5.69 Å². The predicted octanol–water partition coefficient (Wildman–Crippen LogP) is 3.32. The van der Waals surface area contributed by atoms with E-state index >= 15 is 0 Å². The lowest BCUT2D eigenvalue weighted by Crippen LogP contribution is -2.15. The first-order valence-electron chi connectivity index (χ1n) is 8.23. The molecule has 132 valence electrons. The molecule has 0 aliphatic heterocycles. The minimum absolute atomic E-state index is 0.157. The first-order valence-corrected chi connectivity index (χ1v) is 8.23. The number of primary amides is 1. The van der Waals surface area contributed by atoms with E-state index in [9.17, 15) is 9.59 Å². The average Bonchev–Trinajstić information content (AvgIpc) is 3.09. The monoisotopic (exact) mass is 349 g/mol. The van der Waals surface area contributed by atoms with Crippen molar-refractivity contribution < 1.29 is 14.0 Å². The quantitative estimate of drug-likeness (QED) is 0.713. The topological polar surface area (TPSA) is 98.2 Å². The summed E-state index contributed by atoms with van der Waals surface area (Å²) in [6, 6.07) is 14.6. The van der Waals surface area contributed by atoms with Crippen LogP contribution in [0.2, 0.25) is 0 Å². The zero-order valence-electron chi connectivity index (χ0n) is 14.4. The summed E-state index contributed by atoms with van der Waals surface area (Å²) < 4.78 is 5.69. The second-order valence-electron chi connectivity index (χ2n) is 5.93. The Morgan fingerprint density at radius 3 is 2.62 bits per heavy atom. The lowest BCUT2D eigenvalue weighted by Gasteiger charge is -2.07. The van der Waals surface area contributed by atoms with Crippen LogP contribution in [0.25, 0.3) is 11.3 Å². The molecule has 1 heterocycles. The number of nitrogens with zero attached hydrogens (tertiary/aromatic N) is 1. The van der Waals surface area contributed by atoms with E-state index in [1.807, 2.05) is 30.3 Å². The molecular formula is C20H19N3O3. The second kappa shape index (κ2) is 7.65. The van der Waals surface area contributed by atoms with E-state index < -0.39 is 5.91 Å². The summed E-state index contributed by atoms with van der Waals surface area (Å²) in [5.74, 6) is 0.548. The molecule has 0 radical (unpaired) electrons. The number of nitrogens with two attached hydrogens (primary N) is 1. The van der Waals surface area contributed by atoms with Gasteiger partial charge in [-0.05, 0) is 30.7 Å². The summed E-state index contributed by atoms with van der Waals surface area (Å²) in [5, 5.41) is 2.80. The Balaban J connectivity index is 1.57. The minimum atomic E-state index is -0.488. The van der Waals surface area contributed by atoms with Crippen LogP contribution in [0.5, 0.6) is 0 Å². The lowest BCUT2D eigenvalue weighted by molar-refractivity contribution is -0.116. The van der Waals surface area contributed by atoms with E-state index in [0.29, 0.717) is 29.3 Å². The van der Waals surface area contributed by atoms with Crippen molar-refractivity contribution in [2.24, 2.45) is 5.73 Å². The second-order valence-corrected chi connectivity index (χ2v) is 5.93. The Labute approximate surface area is 151 Å². The summed E-state index contributed by atoms with van der Waals surface area (Å²) in [7, 11) is 0. The molecule has 6 heteroatoms. The number of carbonyl (C=O) groups excluding carboxylic acids is 2. The van der Waals surface area contributed by atoms with Gasteiger partial charge in [-0.25, -0.2) is 4.98 Å². The molecule has 3 N–H and O–H groups in total. The standard InChI is InChI=1S/C20H19N3O3/c1-13-11-15(7-8-16(13)20(21)25)23-18(24)9-10-19-22-12-17(26-19)14-5-3-2-4-6-14/h2-8,11-12H,9-10H2,1H3,(H2,21,25)(H,23,24). The van der Waals surface area contributed by atoms with Gasteiger partial charge in [-0.2, -0.15) is 0 Å². The van der Waals surface area contributed by atoms with E-state index in [4.69, 9.17) is 10.2 Å². The molecule has 3 aromatic rings.